The number of rotatable bonds is 6. The van der Waals surface area contributed by atoms with E-state index in [0.717, 1.165) is 12.8 Å². The summed E-state index contributed by atoms with van der Waals surface area (Å²) in [5.74, 6) is -0.959. The minimum absolute atomic E-state index is 0. The van der Waals surface area contributed by atoms with Crippen LogP contribution in [0.4, 0.5) is 4.39 Å². The van der Waals surface area contributed by atoms with Gasteiger partial charge in [0, 0.05) is 32.1 Å². The van der Waals surface area contributed by atoms with Gasteiger partial charge in [-0.05, 0) is 37.5 Å². The van der Waals surface area contributed by atoms with Crippen molar-refractivity contribution in [2.75, 3.05) is 19.6 Å². The third-order valence-corrected chi connectivity index (χ3v) is 6.12. The molecule has 1 unspecified atom stereocenters. The van der Waals surface area contributed by atoms with Gasteiger partial charge in [-0.3, -0.25) is 4.79 Å². The smallest absolute Gasteiger partial charge is 0.246 e. The van der Waals surface area contributed by atoms with Crippen LogP contribution in [0.3, 0.4) is 0 Å². The molecule has 1 heterocycles. The average molecular weight is 394 g/mol. The van der Waals surface area contributed by atoms with Gasteiger partial charge >= 0.3 is 0 Å². The van der Waals surface area contributed by atoms with Gasteiger partial charge in [0.2, 0.25) is 15.9 Å². The molecule has 0 bridgehead atoms. The number of carbonyl (C=O) groups is 1. The normalized spacial score (nSPS) is 18.4. The molecule has 1 aromatic rings. The average Bonchev–Trinajstić information content (AvgIpc) is 2.55. The zero-order valence-electron chi connectivity index (χ0n) is 14.2. The van der Waals surface area contributed by atoms with Crippen LogP contribution in [0.1, 0.15) is 31.2 Å². The number of carbonyl (C=O) groups excluding carboxylic acids is 1. The first-order valence-corrected chi connectivity index (χ1v) is 9.55. The predicted octanol–water partition coefficient (Wildman–Crippen LogP) is 1.56. The molecule has 142 valence electrons. The zero-order valence-corrected chi connectivity index (χ0v) is 15.8. The maximum Gasteiger partial charge on any atom is 0.246 e. The van der Waals surface area contributed by atoms with Crippen molar-refractivity contribution in [2.24, 2.45) is 5.73 Å². The summed E-state index contributed by atoms with van der Waals surface area (Å²) < 4.78 is 41.2. The summed E-state index contributed by atoms with van der Waals surface area (Å²) in [7, 11) is -3.94. The molecule has 1 amide bonds. The van der Waals surface area contributed by atoms with E-state index in [2.05, 4.69) is 5.32 Å². The van der Waals surface area contributed by atoms with Gasteiger partial charge in [0.1, 0.15) is 10.7 Å². The van der Waals surface area contributed by atoms with Crippen molar-refractivity contribution < 1.29 is 17.6 Å². The fraction of sp³-hybridized carbons (Fsp3) is 0.562. The van der Waals surface area contributed by atoms with Gasteiger partial charge in [-0.25, -0.2) is 12.8 Å². The molecule has 2 rings (SSSR count). The molecule has 0 saturated carbocycles. The highest BCUT2D eigenvalue weighted by Crippen LogP contribution is 2.27. The number of nitrogens with two attached hydrogens (primary N) is 1. The number of hydrogen-bond donors (Lipinski definition) is 2. The van der Waals surface area contributed by atoms with Crippen molar-refractivity contribution in [3.05, 3.63) is 29.6 Å². The SMILES string of the molecule is Cc1ccc(F)c(S(=O)(=O)N2CCCCC2CNC(=O)CCN)c1.Cl. The van der Waals surface area contributed by atoms with E-state index in [1.807, 2.05) is 0 Å². The lowest BCUT2D eigenvalue weighted by Gasteiger charge is -2.34. The monoisotopic (exact) mass is 393 g/mol. The Morgan fingerprint density at radius 1 is 1.40 bits per heavy atom. The van der Waals surface area contributed by atoms with E-state index >= 15 is 0 Å². The minimum Gasteiger partial charge on any atom is -0.354 e. The van der Waals surface area contributed by atoms with Gasteiger partial charge in [-0.15, -0.1) is 12.4 Å². The third-order valence-electron chi connectivity index (χ3n) is 4.15. The summed E-state index contributed by atoms with van der Waals surface area (Å²) >= 11 is 0. The second kappa shape index (κ2) is 9.47. The van der Waals surface area contributed by atoms with Gasteiger partial charge in [0.05, 0.1) is 0 Å². The van der Waals surface area contributed by atoms with Crippen LogP contribution in [0, 0.1) is 12.7 Å². The molecule has 1 aliphatic heterocycles. The molecular weight excluding hydrogens is 369 g/mol. The third kappa shape index (κ3) is 5.37. The first-order chi connectivity index (χ1) is 11.4. The molecule has 9 heteroatoms. The maximum absolute atomic E-state index is 14.1. The van der Waals surface area contributed by atoms with Gasteiger partial charge < -0.3 is 11.1 Å². The number of nitrogens with one attached hydrogen (secondary N) is 1. The molecule has 0 aliphatic carbocycles. The van der Waals surface area contributed by atoms with Crippen LogP contribution >= 0.6 is 12.4 Å². The van der Waals surface area contributed by atoms with Gasteiger partial charge in [0.15, 0.2) is 0 Å². The molecule has 3 N–H and O–H groups in total. The van der Waals surface area contributed by atoms with E-state index in [1.165, 1.54) is 22.5 Å². The van der Waals surface area contributed by atoms with Gasteiger partial charge in [-0.1, -0.05) is 12.5 Å². The summed E-state index contributed by atoms with van der Waals surface area (Å²) in [6, 6.07) is 3.69. The van der Waals surface area contributed by atoms with E-state index in [0.29, 0.717) is 18.5 Å². The Balaban J connectivity index is 0.00000312. The van der Waals surface area contributed by atoms with E-state index < -0.39 is 15.8 Å². The Morgan fingerprint density at radius 3 is 2.80 bits per heavy atom. The Morgan fingerprint density at radius 2 is 2.12 bits per heavy atom. The molecule has 6 nitrogen and oxygen atoms in total. The number of nitrogens with zero attached hydrogens (tertiary/aromatic N) is 1. The minimum atomic E-state index is -3.94. The first kappa shape index (κ1) is 21.8. The van der Waals surface area contributed by atoms with Crippen molar-refractivity contribution in [1.82, 2.24) is 9.62 Å². The zero-order chi connectivity index (χ0) is 17.7. The molecule has 25 heavy (non-hydrogen) atoms. The molecule has 1 fully saturated rings. The number of sulfonamides is 1. The van der Waals surface area contributed by atoms with E-state index in [-0.39, 0.29) is 48.8 Å². The van der Waals surface area contributed by atoms with Crippen LogP contribution in [0.15, 0.2) is 23.1 Å². The summed E-state index contributed by atoms with van der Waals surface area (Å²) in [4.78, 5) is 11.3. The number of amides is 1. The highest BCUT2D eigenvalue weighted by molar-refractivity contribution is 7.89. The van der Waals surface area contributed by atoms with Crippen LogP contribution in [0.25, 0.3) is 0 Å². The van der Waals surface area contributed by atoms with E-state index in [1.54, 1.807) is 6.92 Å². The van der Waals surface area contributed by atoms with Crippen molar-refractivity contribution in [2.45, 2.75) is 43.5 Å². The van der Waals surface area contributed by atoms with Crippen LogP contribution in [-0.2, 0) is 14.8 Å². The number of hydrogen-bond acceptors (Lipinski definition) is 4. The number of aryl methyl sites for hydroxylation is 1. The molecular formula is C16H25ClFN3O3S. The standard InChI is InChI=1S/C16H24FN3O3S.ClH/c1-12-5-6-14(17)15(10-12)24(22,23)20-9-3-2-4-13(20)11-19-16(21)7-8-18;/h5-6,10,13H,2-4,7-9,11,18H2,1H3,(H,19,21);1H. The van der Waals surface area contributed by atoms with Gasteiger partial charge in [-0.2, -0.15) is 4.31 Å². The lowest BCUT2D eigenvalue weighted by Crippen LogP contribution is -2.49. The van der Waals surface area contributed by atoms with Crippen molar-refractivity contribution in [3.63, 3.8) is 0 Å². The molecule has 1 aromatic carbocycles. The topological polar surface area (TPSA) is 92.5 Å². The van der Waals surface area contributed by atoms with Crippen molar-refractivity contribution in [3.8, 4) is 0 Å². The molecule has 0 aromatic heterocycles. The van der Waals surface area contributed by atoms with Crippen molar-refractivity contribution >= 4 is 28.3 Å². The lowest BCUT2D eigenvalue weighted by atomic mass is 10.1. The summed E-state index contributed by atoms with van der Waals surface area (Å²) in [6.45, 7) is 2.50. The number of halogens is 2. The largest absolute Gasteiger partial charge is 0.354 e. The molecule has 1 atom stereocenters. The fourth-order valence-corrected chi connectivity index (χ4v) is 4.72. The predicted molar refractivity (Wildman–Crippen MR) is 96.6 cm³/mol. The van der Waals surface area contributed by atoms with Crippen LogP contribution < -0.4 is 11.1 Å². The fourth-order valence-electron chi connectivity index (χ4n) is 2.88. The summed E-state index contributed by atoms with van der Waals surface area (Å²) in [5, 5.41) is 2.71. The molecule has 0 radical (unpaired) electrons. The summed E-state index contributed by atoms with van der Waals surface area (Å²) in [6.07, 6.45) is 2.43. The number of piperidine rings is 1. The second-order valence-corrected chi connectivity index (χ2v) is 7.90. The Labute approximate surface area is 154 Å². The van der Waals surface area contributed by atoms with Crippen LogP contribution in [0.2, 0.25) is 0 Å². The Bertz CT molecular complexity index is 700. The molecule has 0 spiro atoms. The van der Waals surface area contributed by atoms with Crippen molar-refractivity contribution in [1.29, 1.82) is 0 Å². The van der Waals surface area contributed by atoms with E-state index in [9.17, 15) is 17.6 Å². The maximum atomic E-state index is 14.1. The molecule has 1 aliphatic rings. The quantitative estimate of drug-likeness (QED) is 0.767. The second-order valence-electron chi connectivity index (χ2n) is 6.04. The van der Waals surface area contributed by atoms with E-state index in [4.69, 9.17) is 5.73 Å². The Kier molecular flexibility index (Phi) is 8.27. The van der Waals surface area contributed by atoms with Crippen LogP contribution in [-0.4, -0.2) is 44.3 Å². The molecule has 1 saturated heterocycles. The first-order valence-electron chi connectivity index (χ1n) is 8.11. The lowest BCUT2D eigenvalue weighted by molar-refractivity contribution is -0.121. The van der Waals surface area contributed by atoms with Gasteiger partial charge in [0.25, 0.3) is 0 Å². The Hall–Kier alpha value is -1.22. The summed E-state index contributed by atoms with van der Waals surface area (Å²) in [5.41, 5.74) is 6.01. The van der Waals surface area contributed by atoms with Crippen LogP contribution in [0.5, 0.6) is 0 Å². The number of benzene rings is 1. The highest BCUT2D eigenvalue weighted by atomic mass is 35.5. The highest BCUT2D eigenvalue weighted by Gasteiger charge is 2.35.